The Morgan fingerprint density at radius 1 is 0.273 bits per heavy atom. The van der Waals surface area contributed by atoms with E-state index in [9.17, 15) is 43.2 Å². The highest BCUT2D eigenvalue weighted by Gasteiger charge is 2.30. The van der Waals surface area contributed by atoms with Gasteiger partial charge in [-0.05, 0) is 173 Å². The monoisotopic (exact) mass is 1570 g/mol. The first kappa shape index (κ1) is 104. The van der Waals surface area contributed by atoms with Gasteiger partial charge in [-0.3, -0.25) is 37.3 Å². The van der Waals surface area contributed by atoms with Crippen LogP contribution in [0.15, 0.2) is 207 Å². The van der Waals surface area contributed by atoms with E-state index >= 15 is 0 Å². The van der Waals surface area contributed by atoms with Crippen molar-refractivity contribution in [2.45, 2.75) is 303 Å². The molecule has 0 aromatic heterocycles. The molecule has 0 rings (SSSR count). The van der Waals surface area contributed by atoms with Gasteiger partial charge in [0.25, 0.3) is 0 Å². The average molecular weight is 1570 g/mol. The van der Waals surface area contributed by atoms with Crippen molar-refractivity contribution in [2.75, 3.05) is 39.6 Å². The maximum atomic E-state index is 13.1. The summed E-state index contributed by atoms with van der Waals surface area (Å²) in [5.41, 5.74) is 0. The first-order chi connectivity index (χ1) is 53.7. The number of ether oxygens (including phenoxy) is 4. The van der Waals surface area contributed by atoms with Gasteiger partial charge in [-0.2, -0.15) is 0 Å². The van der Waals surface area contributed by atoms with E-state index in [1.807, 2.05) is 12.2 Å². The summed E-state index contributed by atoms with van der Waals surface area (Å²) in [6.45, 7) is 4.29. The number of carbonyl (C=O) groups is 4. The zero-order valence-corrected chi connectivity index (χ0v) is 69.6. The smallest absolute Gasteiger partial charge is 0.462 e. The normalized spacial score (nSPS) is 14.9. The van der Waals surface area contributed by atoms with E-state index in [2.05, 4.69) is 210 Å². The van der Waals surface area contributed by atoms with Gasteiger partial charge in [0.1, 0.15) is 19.3 Å². The number of rotatable bonds is 75. The lowest BCUT2D eigenvalue weighted by atomic mass is 10.1. The number of phosphoric ester groups is 2. The predicted octanol–water partition coefficient (Wildman–Crippen LogP) is 24.7. The molecule has 0 aliphatic rings. The van der Waals surface area contributed by atoms with Gasteiger partial charge in [0.05, 0.1) is 32.8 Å². The molecule has 620 valence electrons. The Bertz CT molecular complexity index is 2900. The molecule has 0 aromatic rings. The molecule has 0 bridgehead atoms. The minimum absolute atomic E-state index is 0.0523. The van der Waals surface area contributed by atoms with Crippen molar-refractivity contribution in [1.29, 1.82) is 0 Å². The number of esters is 4. The fourth-order valence-corrected chi connectivity index (χ4v) is 11.7. The van der Waals surface area contributed by atoms with E-state index in [1.54, 1.807) is 12.2 Å². The third kappa shape index (κ3) is 79.7. The molecule has 0 radical (unpaired) electrons. The quantitative estimate of drug-likeness (QED) is 0.0169. The molecule has 0 spiro atoms. The van der Waals surface area contributed by atoms with Crippen molar-refractivity contribution in [3.8, 4) is 0 Å². The summed E-state index contributed by atoms with van der Waals surface area (Å²) >= 11 is 0. The molecule has 0 amide bonds. The Kier molecular flexibility index (Phi) is 76.0. The van der Waals surface area contributed by atoms with Gasteiger partial charge in [0.2, 0.25) is 0 Å². The van der Waals surface area contributed by atoms with Gasteiger partial charge in [-0.25, -0.2) is 9.13 Å². The Balaban J connectivity index is 5.52. The minimum atomic E-state index is -5.03. The molecule has 0 fully saturated rings. The van der Waals surface area contributed by atoms with Crippen LogP contribution in [0.3, 0.4) is 0 Å². The lowest BCUT2D eigenvalue weighted by Gasteiger charge is -2.21. The lowest BCUT2D eigenvalue weighted by molar-refractivity contribution is -0.161. The highest BCUT2D eigenvalue weighted by atomic mass is 31.2. The van der Waals surface area contributed by atoms with Crippen LogP contribution in [0.4, 0.5) is 0 Å². The van der Waals surface area contributed by atoms with Gasteiger partial charge in [0.15, 0.2) is 12.2 Å². The van der Waals surface area contributed by atoms with Crippen molar-refractivity contribution in [3.63, 3.8) is 0 Å². The standard InChI is InChI=1S/C91H144O17P2/c1-5-9-13-17-21-25-29-33-37-40-42-45-48-51-55-59-63-67-71-75-88(93)101-81-86(107-90(95)77-73-69-65-61-57-53-47-36-32-28-24-20-16-12-8-4)83-105-109(97,98)103-79-85(92)80-104-110(99,100)106-84-87(108-91(96)78-74-70-66-62-58-54-50-44-39-35-31-27-23-19-15-11-7-3)82-102-89(94)76-72-68-64-60-56-52-49-46-43-41-38-34-30-26-22-18-14-10-6-2/h9,11-13,15-16,21-28,33-39,42-43,45-47,50-51,54-55,57,61,69,73,85-87,92H,5-8,10,14,17-20,29-32,40-41,44,48-49,52-53,56,58-60,62-68,70-72,74-84H2,1-4H3,(H,97,98)(H,99,100)/b13-9-,15-11-,16-12-,25-21-,26-22-,27-23-,28-24-,37-33-,38-34-,39-35-,45-42-,46-43-,47-36-,54-50-,55-51-,61-57-,73-69-. The molecule has 0 aliphatic carbocycles. The SMILES string of the molecule is CC/C=C\C/C=C\C/C=C\C/C=C\C/C=C\CCCCCC(=O)OCC(COP(=O)(O)OCC(O)COP(=O)(O)OCC(COC(=O)CCCCCCCC/C=C\C/C=C\C/C=C\CCCCC)OC(=O)CCCCCC/C=C\C/C=C\C/C=C\C/C=C\CC)OC(=O)C/C=C\C/C=C\C/C=C\C/C=C\C/C=C\CC. The number of hydrogen-bond acceptors (Lipinski definition) is 15. The Labute approximate surface area is 665 Å². The third-order valence-electron chi connectivity index (χ3n) is 16.3. The number of unbranched alkanes of at least 4 members (excludes halogenated alkanes) is 16. The molecule has 3 N–H and O–H groups in total. The summed E-state index contributed by atoms with van der Waals surface area (Å²) in [7, 11) is -10.0. The topological polar surface area (TPSA) is 237 Å². The molecular weight excluding hydrogens is 1430 g/mol. The van der Waals surface area contributed by atoms with Crippen LogP contribution >= 0.6 is 15.6 Å². The Morgan fingerprint density at radius 2 is 0.509 bits per heavy atom. The number of aliphatic hydroxyl groups excluding tert-OH is 1. The van der Waals surface area contributed by atoms with E-state index in [-0.39, 0.29) is 25.7 Å². The van der Waals surface area contributed by atoms with Gasteiger partial charge in [-0.1, -0.05) is 292 Å². The lowest BCUT2D eigenvalue weighted by Crippen LogP contribution is -2.30. The van der Waals surface area contributed by atoms with E-state index < -0.39 is 97.5 Å². The summed E-state index contributed by atoms with van der Waals surface area (Å²) in [4.78, 5) is 73.1. The van der Waals surface area contributed by atoms with Crippen molar-refractivity contribution in [2.24, 2.45) is 0 Å². The molecule has 0 saturated heterocycles. The van der Waals surface area contributed by atoms with Crippen LogP contribution in [0.5, 0.6) is 0 Å². The van der Waals surface area contributed by atoms with Crippen molar-refractivity contribution < 1.29 is 80.2 Å². The summed E-state index contributed by atoms with van der Waals surface area (Å²) in [5, 5.41) is 10.7. The molecule has 0 aromatic carbocycles. The fraction of sp³-hybridized carbons (Fsp3) is 0.582. The Morgan fingerprint density at radius 3 is 0.818 bits per heavy atom. The second kappa shape index (κ2) is 80.7. The van der Waals surface area contributed by atoms with E-state index in [1.165, 1.54) is 19.3 Å². The predicted molar refractivity (Wildman–Crippen MR) is 454 cm³/mol. The third-order valence-corrected chi connectivity index (χ3v) is 18.2. The summed E-state index contributed by atoms with van der Waals surface area (Å²) in [5.74, 6) is -2.42. The first-order valence-electron chi connectivity index (χ1n) is 41.3. The van der Waals surface area contributed by atoms with Gasteiger partial charge < -0.3 is 33.8 Å². The molecule has 0 saturated carbocycles. The molecule has 0 heterocycles. The molecule has 5 unspecified atom stereocenters. The molecular formula is C91H144O17P2. The van der Waals surface area contributed by atoms with Gasteiger partial charge in [0, 0.05) is 19.3 Å². The minimum Gasteiger partial charge on any atom is -0.462 e. The molecule has 5 atom stereocenters. The maximum Gasteiger partial charge on any atom is 0.472 e. The number of aliphatic hydroxyl groups is 1. The van der Waals surface area contributed by atoms with Gasteiger partial charge in [-0.15, -0.1) is 0 Å². The van der Waals surface area contributed by atoms with E-state index in [4.69, 9.17) is 37.0 Å². The van der Waals surface area contributed by atoms with Crippen LogP contribution in [0.2, 0.25) is 0 Å². The van der Waals surface area contributed by atoms with Crippen molar-refractivity contribution in [3.05, 3.63) is 207 Å². The van der Waals surface area contributed by atoms with Crippen LogP contribution in [-0.4, -0.2) is 96.7 Å². The van der Waals surface area contributed by atoms with Crippen molar-refractivity contribution >= 4 is 39.5 Å². The molecule has 0 aliphatic heterocycles. The average Bonchev–Trinajstić information content (AvgIpc) is 0.899. The number of carbonyl (C=O) groups excluding carboxylic acids is 4. The highest BCUT2D eigenvalue weighted by molar-refractivity contribution is 7.47. The van der Waals surface area contributed by atoms with Crippen LogP contribution in [0.1, 0.15) is 285 Å². The number of allylic oxidation sites excluding steroid dienone is 33. The maximum absolute atomic E-state index is 13.1. The summed E-state index contributed by atoms with van der Waals surface area (Å²) < 4.78 is 68.5. The summed E-state index contributed by atoms with van der Waals surface area (Å²) in [6, 6.07) is 0. The Hall–Kier alpha value is -6.36. The van der Waals surface area contributed by atoms with Crippen LogP contribution in [-0.2, 0) is 65.4 Å². The van der Waals surface area contributed by atoms with E-state index in [0.717, 1.165) is 186 Å². The van der Waals surface area contributed by atoms with Gasteiger partial charge >= 0.3 is 39.5 Å². The second-order valence-corrected chi connectivity index (χ2v) is 29.5. The van der Waals surface area contributed by atoms with Crippen LogP contribution in [0.25, 0.3) is 0 Å². The van der Waals surface area contributed by atoms with E-state index in [0.29, 0.717) is 25.7 Å². The largest absolute Gasteiger partial charge is 0.472 e. The van der Waals surface area contributed by atoms with Crippen LogP contribution in [0, 0.1) is 0 Å². The fourth-order valence-electron chi connectivity index (χ4n) is 10.1. The molecule has 19 heteroatoms. The van der Waals surface area contributed by atoms with Crippen molar-refractivity contribution in [1.82, 2.24) is 0 Å². The molecule has 17 nitrogen and oxygen atoms in total. The number of hydrogen-bond donors (Lipinski definition) is 3. The molecule has 110 heavy (non-hydrogen) atoms. The zero-order chi connectivity index (χ0) is 80.3. The van der Waals surface area contributed by atoms with Crippen LogP contribution < -0.4 is 0 Å². The number of phosphoric acid groups is 2. The summed E-state index contributed by atoms with van der Waals surface area (Å²) in [6.07, 6.45) is 101. The zero-order valence-electron chi connectivity index (χ0n) is 67.8. The highest BCUT2D eigenvalue weighted by Crippen LogP contribution is 2.45. The second-order valence-electron chi connectivity index (χ2n) is 26.6. The first-order valence-corrected chi connectivity index (χ1v) is 44.3.